The number of hydrogen-bond donors (Lipinski definition) is 1. The molecule has 28 heavy (non-hydrogen) atoms. The molecular formula is C19H15F3N3OPS. The van der Waals surface area contributed by atoms with Gasteiger partial charge in [-0.1, -0.05) is 7.92 Å². The fourth-order valence-corrected chi connectivity index (χ4v) is 4.52. The number of alkyl halides is 3. The van der Waals surface area contributed by atoms with Gasteiger partial charge in [-0.15, -0.1) is 24.5 Å². The van der Waals surface area contributed by atoms with Gasteiger partial charge in [0.05, 0.1) is 21.2 Å². The number of nitrogens with zero attached hydrogens (tertiary/aromatic N) is 2. The predicted molar refractivity (Wildman–Crippen MR) is 110 cm³/mol. The van der Waals surface area contributed by atoms with Crippen LogP contribution >= 0.6 is 19.3 Å². The number of pyridine rings is 1. The summed E-state index contributed by atoms with van der Waals surface area (Å²) in [5.41, 5.74) is 4.71. The van der Waals surface area contributed by atoms with Gasteiger partial charge < -0.3 is 10.1 Å². The second-order valence-corrected chi connectivity index (χ2v) is 9.45. The number of fused-ring (bicyclic) bond motifs is 2. The van der Waals surface area contributed by atoms with Crippen molar-refractivity contribution in [2.45, 2.75) is 6.36 Å². The summed E-state index contributed by atoms with van der Waals surface area (Å²) in [7, 11) is -0.821. The van der Waals surface area contributed by atoms with Crippen LogP contribution in [0.4, 0.5) is 24.5 Å². The van der Waals surface area contributed by atoms with Crippen molar-refractivity contribution in [1.82, 2.24) is 9.97 Å². The lowest BCUT2D eigenvalue weighted by Crippen LogP contribution is -2.21. The number of thiazole rings is 1. The summed E-state index contributed by atoms with van der Waals surface area (Å²) in [6.07, 6.45) is -3.18. The Morgan fingerprint density at radius 1 is 1.04 bits per heavy atom. The number of anilines is 2. The van der Waals surface area contributed by atoms with Crippen molar-refractivity contribution in [2.75, 3.05) is 18.6 Å². The van der Waals surface area contributed by atoms with Gasteiger partial charge in [0.15, 0.2) is 0 Å². The Hall–Kier alpha value is -2.44. The molecule has 0 bridgehead atoms. The molecule has 0 fully saturated rings. The molecule has 2 heterocycles. The van der Waals surface area contributed by atoms with Crippen LogP contribution in [0.15, 0.2) is 48.1 Å². The molecule has 0 unspecified atom stereocenters. The first-order valence-corrected chi connectivity index (χ1v) is 11.4. The van der Waals surface area contributed by atoms with Crippen LogP contribution in [0.2, 0.25) is 0 Å². The first-order chi connectivity index (χ1) is 13.3. The maximum atomic E-state index is 12.8. The number of aromatic nitrogens is 2. The molecule has 0 saturated heterocycles. The van der Waals surface area contributed by atoms with Gasteiger partial charge in [0, 0.05) is 34.3 Å². The largest absolute Gasteiger partial charge is 0.573 e. The van der Waals surface area contributed by atoms with E-state index in [1.165, 1.54) is 6.07 Å². The summed E-state index contributed by atoms with van der Waals surface area (Å²) in [4.78, 5) is 8.54. The Balaban J connectivity index is 1.79. The van der Waals surface area contributed by atoms with E-state index in [1.807, 2.05) is 31.5 Å². The summed E-state index contributed by atoms with van der Waals surface area (Å²) in [6.45, 7) is 3.78. The first-order valence-electron chi connectivity index (χ1n) is 8.26. The van der Waals surface area contributed by atoms with Gasteiger partial charge >= 0.3 is 6.36 Å². The predicted octanol–water partition coefficient (Wildman–Crippen LogP) is 5.85. The Labute approximate surface area is 164 Å². The minimum atomic E-state index is -4.74. The van der Waals surface area contributed by atoms with E-state index in [0.717, 1.165) is 27.0 Å². The first kappa shape index (κ1) is 18.9. The smallest absolute Gasteiger partial charge is 0.405 e. The molecule has 4 rings (SSSR count). The van der Waals surface area contributed by atoms with Gasteiger partial charge in [0.1, 0.15) is 5.75 Å². The third-order valence-corrected chi connectivity index (χ3v) is 6.26. The van der Waals surface area contributed by atoms with Crippen LogP contribution in [0.3, 0.4) is 0 Å². The average molecular weight is 421 g/mol. The van der Waals surface area contributed by atoms with Crippen LogP contribution in [0, 0.1) is 0 Å². The molecule has 0 aliphatic carbocycles. The monoisotopic (exact) mass is 421 g/mol. The standard InChI is InChI=1S/C19H15F3N3OPS/c1-27(2)17-8-12-13(25-11-3-4-18-15(7-11)24-10-28-18)5-6-23-14(12)9-16(17)26-19(20,21)22/h3-10H,1-2H3,(H,23,25). The van der Waals surface area contributed by atoms with Crippen molar-refractivity contribution in [1.29, 1.82) is 0 Å². The molecule has 0 aliphatic rings. The van der Waals surface area contributed by atoms with E-state index < -0.39 is 14.3 Å². The highest BCUT2D eigenvalue weighted by atomic mass is 32.1. The molecule has 0 spiro atoms. The van der Waals surface area contributed by atoms with Crippen LogP contribution in [0.5, 0.6) is 5.75 Å². The minimum absolute atomic E-state index is 0.190. The quantitative estimate of drug-likeness (QED) is 0.420. The van der Waals surface area contributed by atoms with Gasteiger partial charge in [-0.2, -0.15) is 0 Å². The zero-order chi connectivity index (χ0) is 19.9. The molecule has 2 aromatic heterocycles. The van der Waals surface area contributed by atoms with Gasteiger partial charge in [-0.05, 0) is 43.7 Å². The number of hydrogen-bond acceptors (Lipinski definition) is 5. The van der Waals surface area contributed by atoms with Gasteiger partial charge in [-0.25, -0.2) is 4.98 Å². The summed E-state index contributed by atoms with van der Waals surface area (Å²) in [5, 5.41) is 4.60. The number of nitrogens with one attached hydrogen (secondary N) is 1. The van der Waals surface area contributed by atoms with Crippen LogP contribution in [0.1, 0.15) is 0 Å². The van der Waals surface area contributed by atoms with E-state index >= 15 is 0 Å². The van der Waals surface area contributed by atoms with Crippen LogP contribution in [0.25, 0.3) is 21.1 Å². The number of halogens is 3. The van der Waals surface area contributed by atoms with Crippen molar-refractivity contribution in [3.8, 4) is 5.75 Å². The van der Waals surface area contributed by atoms with Crippen molar-refractivity contribution >= 4 is 57.1 Å². The molecule has 0 atom stereocenters. The molecule has 2 aromatic carbocycles. The molecule has 1 N–H and O–H groups in total. The number of rotatable bonds is 4. The third kappa shape index (κ3) is 3.88. The lowest BCUT2D eigenvalue weighted by atomic mass is 10.1. The Morgan fingerprint density at radius 2 is 1.86 bits per heavy atom. The Kier molecular flexibility index (Phi) is 4.85. The average Bonchev–Trinajstić information content (AvgIpc) is 3.07. The molecule has 0 radical (unpaired) electrons. The molecule has 4 nitrogen and oxygen atoms in total. The lowest BCUT2D eigenvalue weighted by Gasteiger charge is -2.18. The van der Waals surface area contributed by atoms with Crippen molar-refractivity contribution in [3.63, 3.8) is 0 Å². The van der Waals surface area contributed by atoms with Crippen LogP contribution in [-0.2, 0) is 0 Å². The number of ether oxygens (including phenoxy) is 1. The van der Waals surface area contributed by atoms with Crippen LogP contribution < -0.4 is 15.4 Å². The van der Waals surface area contributed by atoms with Gasteiger partial charge in [-0.3, -0.25) is 4.98 Å². The molecule has 0 amide bonds. The summed E-state index contributed by atoms with van der Waals surface area (Å²) in [6, 6.07) is 10.8. The van der Waals surface area contributed by atoms with Crippen molar-refractivity contribution < 1.29 is 17.9 Å². The van der Waals surface area contributed by atoms with E-state index in [4.69, 9.17) is 0 Å². The molecule has 4 aromatic rings. The van der Waals surface area contributed by atoms with Crippen molar-refractivity contribution in [2.24, 2.45) is 0 Å². The Morgan fingerprint density at radius 3 is 2.61 bits per heavy atom. The minimum Gasteiger partial charge on any atom is -0.405 e. The maximum Gasteiger partial charge on any atom is 0.573 e. The fourth-order valence-electron chi connectivity index (χ4n) is 2.92. The van der Waals surface area contributed by atoms with Crippen molar-refractivity contribution in [3.05, 3.63) is 48.1 Å². The van der Waals surface area contributed by atoms with E-state index in [9.17, 15) is 13.2 Å². The highest BCUT2D eigenvalue weighted by Gasteiger charge is 2.32. The SMILES string of the molecule is CP(C)c1cc2c(Nc3ccc4scnc4c3)ccnc2cc1OC(F)(F)F. The van der Waals surface area contributed by atoms with Gasteiger partial charge in [0.2, 0.25) is 0 Å². The lowest BCUT2D eigenvalue weighted by molar-refractivity contribution is -0.274. The molecule has 9 heteroatoms. The number of benzene rings is 2. The highest BCUT2D eigenvalue weighted by molar-refractivity contribution is 7.64. The normalized spacial score (nSPS) is 12.1. The van der Waals surface area contributed by atoms with Gasteiger partial charge in [0.25, 0.3) is 0 Å². The maximum absolute atomic E-state index is 12.8. The molecule has 144 valence electrons. The van der Waals surface area contributed by atoms with Crippen LogP contribution in [-0.4, -0.2) is 29.7 Å². The van der Waals surface area contributed by atoms with E-state index in [2.05, 4.69) is 20.0 Å². The fraction of sp³-hybridized carbons (Fsp3) is 0.158. The van der Waals surface area contributed by atoms with E-state index in [-0.39, 0.29) is 5.75 Å². The summed E-state index contributed by atoms with van der Waals surface area (Å²) >= 11 is 1.56. The molecule has 0 aliphatic heterocycles. The highest BCUT2D eigenvalue weighted by Crippen LogP contribution is 2.37. The second-order valence-electron chi connectivity index (χ2n) is 6.30. The molecular weight excluding hydrogens is 406 g/mol. The third-order valence-electron chi connectivity index (χ3n) is 4.14. The second kappa shape index (κ2) is 7.18. The Bertz CT molecular complexity index is 1160. The van der Waals surface area contributed by atoms with E-state index in [1.54, 1.807) is 35.2 Å². The summed E-state index contributed by atoms with van der Waals surface area (Å²) < 4.78 is 43.7. The zero-order valence-electron chi connectivity index (χ0n) is 14.9. The summed E-state index contributed by atoms with van der Waals surface area (Å²) in [5.74, 6) is -0.190. The zero-order valence-corrected chi connectivity index (χ0v) is 16.6. The van der Waals surface area contributed by atoms with E-state index in [0.29, 0.717) is 10.8 Å². The topological polar surface area (TPSA) is 47.0 Å². The molecule has 0 saturated carbocycles.